The number of pyridine rings is 1. The molecule has 1 aromatic heterocycles. The average molecular weight is 239 g/mol. The second-order valence-corrected chi connectivity index (χ2v) is 3.05. The van der Waals surface area contributed by atoms with E-state index in [1.165, 1.54) is 0 Å². The van der Waals surface area contributed by atoms with E-state index in [1.807, 2.05) is 0 Å². The van der Waals surface area contributed by atoms with Crippen molar-refractivity contribution in [1.82, 2.24) is 10.3 Å². The summed E-state index contributed by atoms with van der Waals surface area (Å²) in [5, 5.41) is 1.94. The van der Waals surface area contributed by atoms with Crippen LogP contribution >= 0.6 is 11.6 Å². The van der Waals surface area contributed by atoms with E-state index in [9.17, 15) is 18.0 Å². The van der Waals surface area contributed by atoms with Gasteiger partial charge in [-0.3, -0.25) is 4.79 Å². The van der Waals surface area contributed by atoms with Gasteiger partial charge in [-0.25, -0.2) is 4.98 Å². The Balaban J connectivity index is 3.00. The Morgan fingerprint density at radius 3 is 2.67 bits per heavy atom. The zero-order valence-electron chi connectivity index (χ0n) is 7.31. The monoisotopic (exact) mass is 238 g/mol. The Bertz CT molecular complexity index is 367. The van der Waals surface area contributed by atoms with Gasteiger partial charge in [-0.1, -0.05) is 11.6 Å². The van der Waals surface area contributed by atoms with E-state index >= 15 is 0 Å². The summed E-state index contributed by atoms with van der Waals surface area (Å²) in [7, 11) is 0. The highest BCUT2D eigenvalue weighted by Gasteiger charge is 2.31. The van der Waals surface area contributed by atoms with Crippen molar-refractivity contribution in [3.8, 4) is 0 Å². The van der Waals surface area contributed by atoms with Crippen molar-refractivity contribution in [2.24, 2.45) is 0 Å². The number of nitrogens with one attached hydrogen (secondary N) is 1. The summed E-state index contributed by atoms with van der Waals surface area (Å²) in [4.78, 5) is 13.6. The first-order valence-corrected chi connectivity index (χ1v) is 4.22. The van der Waals surface area contributed by atoms with Crippen LogP contribution in [0.25, 0.3) is 0 Å². The summed E-state index contributed by atoms with van der Waals surface area (Å²) >= 11 is 5.41. The second-order valence-electron chi connectivity index (χ2n) is 2.67. The van der Waals surface area contributed by atoms with E-state index in [0.717, 1.165) is 12.1 Å². The lowest BCUT2D eigenvalue weighted by Gasteiger charge is -2.08. The highest BCUT2D eigenvalue weighted by Crippen LogP contribution is 2.30. The van der Waals surface area contributed by atoms with Gasteiger partial charge in [0.2, 0.25) is 6.41 Å². The van der Waals surface area contributed by atoms with E-state index in [2.05, 4.69) is 10.3 Å². The minimum atomic E-state index is -4.47. The van der Waals surface area contributed by atoms with Gasteiger partial charge in [0, 0.05) is 0 Å². The largest absolute Gasteiger partial charge is 0.416 e. The number of carbonyl (C=O) groups is 1. The quantitative estimate of drug-likeness (QED) is 0.646. The van der Waals surface area contributed by atoms with Gasteiger partial charge in [0.05, 0.1) is 17.8 Å². The van der Waals surface area contributed by atoms with Crippen molar-refractivity contribution in [1.29, 1.82) is 0 Å². The van der Waals surface area contributed by atoms with Crippen LogP contribution in [0.3, 0.4) is 0 Å². The van der Waals surface area contributed by atoms with Crippen LogP contribution in [-0.2, 0) is 17.5 Å². The lowest BCUT2D eigenvalue weighted by atomic mass is 10.2. The number of hydrogen-bond donors (Lipinski definition) is 1. The first-order valence-electron chi connectivity index (χ1n) is 3.84. The number of nitrogens with zero attached hydrogens (tertiary/aromatic N) is 1. The summed E-state index contributed by atoms with van der Waals surface area (Å²) in [5.74, 6) is 0. The number of amides is 1. The zero-order valence-corrected chi connectivity index (χ0v) is 8.06. The Hall–Kier alpha value is -1.30. The van der Waals surface area contributed by atoms with Crippen LogP contribution in [0.4, 0.5) is 13.2 Å². The molecule has 1 aromatic rings. The van der Waals surface area contributed by atoms with Crippen molar-refractivity contribution in [3.63, 3.8) is 0 Å². The van der Waals surface area contributed by atoms with E-state index in [0.29, 0.717) is 6.41 Å². The summed E-state index contributed by atoms with van der Waals surface area (Å²) < 4.78 is 36.9. The molecule has 7 heteroatoms. The van der Waals surface area contributed by atoms with Crippen molar-refractivity contribution < 1.29 is 18.0 Å². The molecule has 0 radical (unpaired) electrons. The summed E-state index contributed by atoms with van der Waals surface area (Å²) in [6, 6.07) is 1.56. The molecule has 0 aliphatic carbocycles. The smallest absolute Gasteiger partial charge is 0.353 e. The van der Waals surface area contributed by atoms with Gasteiger partial charge in [0.1, 0.15) is 5.15 Å². The number of alkyl halides is 3. The molecule has 1 amide bonds. The molecular formula is C8H6ClF3N2O. The molecule has 0 aliphatic heterocycles. The molecular weight excluding hydrogens is 233 g/mol. The standard InChI is InChI=1S/C8H6ClF3N2O/c9-7-2-5(8(10,11)12)1-6(14-7)3-13-4-15/h1-2,4H,3H2,(H,13,15). The molecule has 0 unspecified atom stereocenters. The summed E-state index contributed by atoms with van der Waals surface area (Å²) in [5.41, 5.74) is -0.827. The van der Waals surface area contributed by atoms with Gasteiger partial charge in [0.25, 0.3) is 0 Å². The van der Waals surface area contributed by atoms with Gasteiger partial charge in [0.15, 0.2) is 0 Å². The van der Waals surface area contributed by atoms with Gasteiger partial charge in [-0.15, -0.1) is 0 Å². The molecule has 0 bridgehead atoms. The molecule has 1 N–H and O–H groups in total. The molecule has 82 valence electrons. The maximum atomic E-state index is 12.3. The predicted molar refractivity (Wildman–Crippen MR) is 47.2 cm³/mol. The first kappa shape index (κ1) is 11.8. The Labute approximate surface area is 88.3 Å². The molecule has 0 atom stereocenters. The zero-order chi connectivity index (χ0) is 11.5. The number of rotatable bonds is 3. The molecule has 3 nitrogen and oxygen atoms in total. The Morgan fingerprint density at radius 1 is 1.47 bits per heavy atom. The summed E-state index contributed by atoms with van der Waals surface area (Å²) in [6.45, 7) is -0.0901. The van der Waals surface area contributed by atoms with Crippen LogP contribution in [0, 0.1) is 0 Å². The topological polar surface area (TPSA) is 42.0 Å². The first-order chi connectivity index (χ1) is 6.93. The fraction of sp³-hybridized carbons (Fsp3) is 0.250. The molecule has 1 rings (SSSR count). The van der Waals surface area contributed by atoms with Crippen molar-refractivity contribution in [2.75, 3.05) is 0 Å². The molecule has 0 aliphatic rings. The van der Waals surface area contributed by atoms with E-state index in [4.69, 9.17) is 11.6 Å². The highest BCUT2D eigenvalue weighted by atomic mass is 35.5. The molecule has 0 spiro atoms. The third-order valence-electron chi connectivity index (χ3n) is 1.54. The van der Waals surface area contributed by atoms with Crippen LogP contribution in [-0.4, -0.2) is 11.4 Å². The minimum Gasteiger partial charge on any atom is -0.353 e. The van der Waals surface area contributed by atoms with E-state index in [1.54, 1.807) is 0 Å². The Morgan fingerprint density at radius 2 is 2.13 bits per heavy atom. The third-order valence-corrected chi connectivity index (χ3v) is 1.73. The molecule has 0 aromatic carbocycles. The van der Waals surface area contributed by atoms with Gasteiger partial charge < -0.3 is 5.32 Å². The van der Waals surface area contributed by atoms with Crippen LogP contribution < -0.4 is 5.32 Å². The molecule has 15 heavy (non-hydrogen) atoms. The number of carbonyl (C=O) groups excluding carboxylic acids is 1. The van der Waals surface area contributed by atoms with Crippen molar-refractivity contribution >= 4 is 18.0 Å². The van der Waals surface area contributed by atoms with E-state index in [-0.39, 0.29) is 17.4 Å². The van der Waals surface area contributed by atoms with Gasteiger partial charge >= 0.3 is 6.18 Å². The Kier molecular flexibility index (Phi) is 3.52. The van der Waals surface area contributed by atoms with E-state index < -0.39 is 11.7 Å². The van der Waals surface area contributed by atoms with Crippen LogP contribution in [0.1, 0.15) is 11.3 Å². The maximum Gasteiger partial charge on any atom is 0.416 e. The summed E-state index contributed by atoms with van der Waals surface area (Å²) in [6.07, 6.45) is -4.10. The van der Waals surface area contributed by atoms with Crippen LogP contribution in [0.5, 0.6) is 0 Å². The van der Waals surface area contributed by atoms with Crippen LogP contribution in [0.15, 0.2) is 12.1 Å². The fourth-order valence-corrected chi connectivity index (χ4v) is 1.18. The SMILES string of the molecule is O=CNCc1cc(C(F)(F)F)cc(Cl)n1. The predicted octanol–water partition coefficient (Wildman–Crippen LogP) is 2.00. The maximum absolute atomic E-state index is 12.3. The molecule has 0 saturated heterocycles. The van der Waals surface area contributed by atoms with Crippen LogP contribution in [0.2, 0.25) is 5.15 Å². The van der Waals surface area contributed by atoms with Gasteiger partial charge in [-0.05, 0) is 12.1 Å². The number of aromatic nitrogens is 1. The lowest BCUT2D eigenvalue weighted by molar-refractivity contribution is -0.137. The highest BCUT2D eigenvalue weighted by molar-refractivity contribution is 6.29. The molecule has 0 fully saturated rings. The van der Waals surface area contributed by atoms with Crippen molar-refractivity contribution in [3.05, 3.63) is 28.5 Å². The second kappa shape index (κ2) is 4.48. The minimum absolute atomic E-state index is 0.0573. The normalized spacial score (nSPS) is 11.2. The van der Waals surface area contributed by atoms with Crippen molar-refractivity contribution in [2.45, 2.75) is 12.7 Å². The average Bonchev–Trinajstić information content (AvgIpc) is 2.12. The molecule has 1 heterocycles. The lowest BCUT2D eigenvalue weighted by Crippen LogP contribution is -2.13. The molecule has 0 saturated carbocycles. The third kappa shape index (κ3) is 3.39. The number of halogens is 4. The number of hydrogen-bond acceptors (Lipinski definition) is 2. The van der Waals surface area contributed by atoms with Gasteiger partial charge in [-0.2, -0.15) is 13.2 Å². The fourth-order valence-electron chi connectivity index (χ4n) is 0.952.